The Kier molecular flexibility index (Phi) is 4.16. The van der Waals surface area contributed by atoms with Crippen LogP contribution in [0.2, 0.25) is 0 Å². The van der Waals surface area contributed by atoms with Gasteiger partial charge in [0.25, 0.3) is 0 Å². The van der Waals surface area contributed by atoms with E-state index in [1.165, 1.54) is 22.3 Å². The maximum absolute atomic E-state index is 5.62. The molecule has 0 unspecified atom stereocenters. The lowest BCUT2D eigenvalue weighted by Gasteiger charge is -2.08. The Morgan fingerprint density at radius 2 is 1.61 bits per heavy atom. The highest BCUT2D eigenvalue weighted by atomic mass is 14.5. The molecule has 0 aromatic heterocycles. The van der Waals surface area contributed by atoms with Crippen molar-refractivity contribution in [2.45, 2.75) is 26.8 Å². The summed E-state index contributed by atoms with van der Waals surface area (Å²) in [4.78, 5) is 0. The zero-order chi connectivity index (χ0) is 13.0. The highest BCUT2D eigenvalue weighted by molar-refractivity contribution is 5.64. The van der Waals surface area contributed by atoms with Gasteiger partial charge in [0, 0.05) is 6.54 Å². The molecular weight excluding hydrogens is 218 g/mol. The molecule has 2 aromatic rings. The monoisotopic (exact) mass is 239 g/mol. The molecule has 0 saturated heterocycles. The van der Waals surface area contributed by atoms with Gasteiger partial charge >= 0.3 is 0 Å². The number of hydrogen-bond acceptors (Lipinski definition) is 1. The fraction of sp³-hybridized carbons (Fsp3) is 0.294. The summed E-state index contributed by atoms with van der Waals surface area (Å²) in [5, 5.41) is 0. The van der Waals surface area contributed by atoms with Crippen LogP contribution in [0.25, 0.3) is 11.1 Å². The van der Waals surface area contributed by atoms with Gasteiger partial charge in [0.15, 0.2) is 0 Å². The lowest BCUT2D eigenvalue weighted by molar-refractivity contribution is 0.647. The molecule has 0 fully saturated rings. The molecule has 0 radical (unpaired) electrons. The van der Waals surface area contributed by atoms with Crippen LogP contribution in [0.1, 0.15) is 25.0 Å². The van der Waals surface area contributed by atoms with Gasteiger partial charge in [-0.05, 0) is 34.6 Å². The summed E-state index contributed by atoms with van der Waals surface area (Å²) in [6, 6.07) is 17.3. The topological polar surface area (TPSA) is 26.0 Å². The second kappa shape index (κ2) is 5.83. The molecule has 0 aliphatic carbocycles. The number of benzene rings is 2. The van der Waals surface area contributed by atoms with Gasteiger partial charge in [-0.2, -0.15) is 0 Å². The highest BCUT2D eigenvalue weighted by Crippen LogP contribution is 2.22. The minimum atomic E-state index is 0.605. The maximum Gasteiger partial charge on any atom is 0.0178 e. The SMILES string of the molecule is CC(C)Cc1cccc(-c2ccc(CN)cc2)c1. The van der Waals surface area contributed by atoms with Crippen molar-refractivity contribution in [1.29, 1.82) is 0 Å². The van der Waals surface area contributed by atoms with Gasteiger partial charge in [-0.3, -0.25) is 0 Å². The van der Waals surface area contributed by atoms with E-state index >= 15 is 0 Å². The first-order valence-corrected chi connectivity index (χ1v) is 6.57. The van der Waals surface area contributed by atoms with E-state index in [9.17, 15) is 0 Å². The van der Waals surface area contributed by atoms with E-state index < -0.39 is 0 Å². The van der Waals surface area contributed by atoms with Gasteiger partial charge in [0.2, 0.25) is 0 Å². The molecule has 0 aliphatic rings. The first kappa shape index (κ1) is 12.8. The third-order valence-electron chi connectivity index (χ3n) is 3.09. The molecule has 0 amide bonds. The molecule has 94 valence electrons. The van der Waals surface area contributed by atoms with Crippen LogP contribution in [-0.4, -0.2) is 0 Å². The van der Waals surface area contributed by atoms with Crippen molar-refractivity contribution >= 4 is 0 Å². The Morgan fingerprint density at radius 1 is 0.889 bits per heavy atom. The normalized spacial score (nSPS) is 10.9. The average Bonchev–Trinajstić information content (AvgIpc) is 2.38. The van der Waals surface area contributed by atoms with Gasteiger partial charge < -0.3 is 5.73 Å². The molecular formula is C17H21N. The van der Waals surface area contributed by atoms with E-state index in [2.05, 4.69) is 62.4 Å². The lowest BCUT2D eigenvalue weighted by atomic mass is 9.97. The van der Waals surface area contributed by atoms with Crippen molar-refractivity contribution in [1.82, 2.24) is 0 Å². The second-order valence-electron chi connectivity index (χ2n) is 5.20. The maximum atomic E-state index is 5.62. The van der Waals surface area contributed by atoms with Gasteiger partial charge in [-0.15, -0.1) is 0 Å². The Labute approximate surface area is 110 Å². The van der Waals surface area contributed by atoms with Crippen LogP contribution in [0.3, 0.4) is 0 Å². The van der Waals surface area contributed by atoms with Gasteiger partial charge in [-0.25, -0.2) is 0 Å². The summed E-state index contributed by atoms with van der Waals surface area (Å²) in [7, 11) is 0. The smallest absolute Gasteiger partial charge is 0.0178 e. The molecule has 0 spiro atoms. The van der Waals surface area contributed by atoms with E-state index in [4.69, 9.17) is 5.73 Å². The molecule has 2 N–H and O–H groups in total. The van der Waals surface area contributed by atoms with Crippen LogP contribution >= 0.6 is 0 Å². The molecule has 2 aromatic carbocycles. The summed E-state index contributed by atoms with van der Waals surface area (Å²) < 4.78 is 0. The molecule has 0 heterocycles. The van der Waals surface area contributed by atoms with Crippen LogP contribution in [0.15, 0.2) is 48.5 Å². The molecule has 0 bridgehead atoms. The van der Waals surface area contributed by atoms with Crippen LogP contribution in [-0.2, 0) is 13.0 Å². The first-order valence-electron chi connectivity index (χ1n) is 6.57. The van der Waals surface area contributed by atoms with Crippen LogP contribution in [0, 0.1) is 5.92 Å². The zero-order valence-corrected chi connectivity index (χ0v) is 11.2. The summed E-state index contributed by atoms with van der Waals surface area (Å²) in [5.41, 5.74) is 10.8. The number of hydrogen-bond donors (Lipinski definition) is 1. The third-order valence-corrected chi connectivity index (χ3v) is 3.09. The van der Waals surface area contributed by atoms with Gasteiger partial charge in [0.05, 0.1) is 0 Å². The Balaban J connectivity index is 2.26. The summed E-state index contributed by atoms with van der Waals surface area (Å²) in [6.45, 7) is 5.11. The average molecular weight is 239 g/mol. The fourth-order valence-corrected chi connectivity index (χ4v) is 2.18. The van der Waals surface area contributed by atoms with E-state index in [0.29, 0.717) is 12.5 Å². The van der Waals surface area contributed by atoms with Crippen molar-refractivity contribution in [2.75, 3.05) is 0 Å². The molecule has 2 rings (SSSR count). The van der Waals surface area contributed by atoms with Crippen LogP contribution in [0.5, 0.6) is 0 Å². The van der Waals surface area contributed by atoms with Crippen molar-refractivity contribution < 1.29 is 0 Å². The molecule has 18 heavy (non-hydrogen) atoms. The van der Waals surface area contributed by atoms with Crippen molar-refractivity contribution in [3.63, 3.8) is 0 Å². The van der Waals surface area contributed by atoms with Crippen molar-refractivity contribution in [3.8, 4) is 11.1 Å². The number of nitrogens with two attached hydrogens (primary N) is 1. The Hall–Kier alpha value is -1.60. The quantitative estimate of drug-likeness (QED) is 0.857. The molecule has 0 atom stereocenters. The van der Waals surface area contributed by atoms with Crippen LogP contribution < -0.4 is 5.73 Å². The van der Waals surface area contributed by atoms with E-state index in [-0.39, 0.29) is 0 Å². The van der Waals surface area contributed by atoms with E-state index in [1.807, 2.05) is 0 Å². The number of rotatable bonds is 4. The fourth-order valence-electron chi connectivity index (χ4n) is 2.18. The summed E-state index contributed by atoms with van der Waals surface area (Å²) >= 11 is 0. The summed E-state index contributed by atoms with van der Waals surface area (Å²) in [5.74, 6) is 0.694. The van der Waals surface area contributed by atoms with E-state index in [1.54, 1.807) is 0 Å². The van der Waals surface area contributed by atoms with Gasteiger partial charge in [-0.1, -0.05) is 62.4 Å². The largest absolute Gasteiger partial charge is 0.326 e. The third kappa shape index (κ3) is 3.21. The minimum Gasteiger partial charge on any atom is -0.326 e. The lowest BCUT2D eigenvalue weighted by Crippen LogP contribution is -1.96. The highest BCUT2D eigenvalue weighted by Gasteiger charge is 2.01. The predicted octanol–water partition coefficient (Wildman–Crippen LogP) is 4.01. The van der Waals surface area contributed by atoms with Gasteiger partial charge in [0.1, 0.15) is 0 Å². The Bertz CT molecular complexity index is 497. The second-order valence-corrected chi connectivity index (χ2v) is 5.20. The molecule has 0 aliphatic heterocycles. The van der Waals surface area contributed by atoms with E-state index in [0.717, 1.165) is 6.42 Å². The molecule has 1 nitrogen and oxygen atoms in total. The molecule has 1 heteroatoms. The Morgan fingerprint density at radius 3 is 2.22 bits per heavy atom. The predicted molar refractivity (Wildman–Crippen MR) is 78.3 cm³/mol. The van der Waals surface area contributed by atoms with Crippen molar-refractivity contribution in [3.05, 3.63) is 59.7 Å². The van der Waals surface area contributed by atoms with Crippen LogP contribution in [0.4, 0.5) is 0 Å². The standard InChI is InChI=1S/C17H21N/c1-13(2)10-15-4-3-5-17(11-15)16-8-6-14(12-18)7-9-16/h3-9,11,13H,10,12,18H2,1-2H3. The molecule has 0 saturated carbocycles. The first-order chi connectivity index (χ1) is 8.69. The summed E-state index contributed by atoms with van der Waals surface area (Å²) in [6.07, 6.45) is 1.13. The van der Waals surface area contributed by atoms with Crippen molar-refractivity contribution in [2.24, 2.45) is 11.7 Å². The zero-order valence-electron chi connectivity index (χ0n) is 11.2. The minimum absolute atomic E-state index is 0.605.